The van der Waals surface area contributed by atoms with Crippen molar-refractivity contribution in [3.63, 3.8) is 0 Å². The van der Waals surface area contributed by atoms with Crippen molar-refractivity contribution in [3.05, 3.63) is 18.0 Å². The molecule has 2 atom stereocenters. The van der Waals surface area contributed by atoms with Crippen LogP contribution in [0.1, 0.15) is 32.0 Å². The second-order valence-corrected chi connectivity index (χ2v) is 3.69. The summed E-state index contributed by atoms with van der Waals surface area (Å²) in [6, 6.07) is 1.28. The van der Waals surface area contributed by atoms with Crippen LogP contribution in [0.25, 0.3) is 0 Å². The highest BCUT2D eigenvalue weighted by atomic mass is 16.4. The normalized spacial score (nSPS) is 14.9. The van der Waals surface area contributed by atoms with Gasteiger partial charge in [-0.15, -0.1) is 0 Å². The van der Waals surface area contributed by atoms with Gasteiger partial charge < -0.3 is 10.8 Å². The highest BCUT2D eigenvalue weighted by molar-refractivity contribution is 5.73. The molecule has 1 unspecified atom stereocenters. The predicted octanol–water partition coefficient (Wildman–Crippen LogP) is 0.808. The van der Waals surface area contributed by atoms with E-state index >= 15 is 0 Å². The van der Waals surface area contributed by atoms with E-state index in [2.05, 4.69) is 18.9 Å². The summed E-state index contributed by atoms with van der Waals surface area (Å²) >= 11 is 0. The van der Waals surface area contributed by atoms with E-state index in [0.29, 0.717) is 6.04 Å². The lowest BCUT2D eigenvalue weighted by Gasteiger charge is -2.08. The molecule has 1 aromatic rings. The van der Waals surface area contributed by atoms with Gasteiger partial charge in [0.05, 0.1) is 5.69 Å². The number of aromatic nitrogens is 2. The van der Waals surface area contributed by atoms with Crippen LogP contribution in [0.15, 0.2) is 12.3 Å². The number of carboxylic acids is 1. The average Bonchev–Trinajstić information content (AvgIpc) is 2.65. The van der Waals surface area contributed by atoms with Crippen LogP contribution in [0.5, 0.6) is 0 Å². The molecule has 15 heavy (non-hydrogen) atoms. The molecule has 0 bridgehead atoms. The molecule has 0 amide bonds. The lowest BCUT2D eigenvalue weighted by atomic mass is 10.2. The minimum absolute atomic E-state index is 0.277. The molecule has 0 spiro atoms. The summed E-state index contributed by atoms with van der Waals surface area (Å²) in [6.07, 6.45) is 3.13. The van der Waals surface area contributed by atoms with Gasteiger partial charge in [0.25, 0.3) is 0 Å². The van der Waals surface area contributed by atoms with E-state index in [1.807, 2.05) is 16.9 Å². The first kappa shape index (κ1) is 11.7. The molecule has 84 valence electrons. The minimum atomic E-state index is -0.993. The van der Waals surface area contributed by atoms with Gasteiger partial charge in [-0.2, -0.15) is 5.10 Å². The molecule has 5 nitrogen and oxygen atoms in total. The van der Waals surface area contributed by atoms with Gasteiger partial charge in [-0.25, -0.2) is 0 Å². The smallest absolute Gasteiger partial charge is 0.320 e. The average molecular weight is 211 g/mol. The zero-order valence-electron chi connectivity index (χ0n) is 9.05. The maximum absolute atomic E-state index is 10.5. The molecule has 0 fully saturated rings. The van der Waals surface area contributed by atoms with Crippen LogP contribution in [0.2, 0.25) is 0 Å². The highest BCUT2D eigenvalue weighted by Gasteiger charge is 2.14. The Bertz CT molecular complexity index is 335. The quantitative estimate of drug-likeness (QED) is 0.755. The Morgan fingerprint density at radius 1 is 1.73 bits per heavy atom. The van der Waals surface area contributed by atoms with E-state index in [0.717, 1.165) is 12.1 Å². The van der Waals surface area contributed by atoms with Crippen LogP contribution in [0.4, 0.5) is 0 Å². The molecule has 0 aliphatic heterocycles. The fourth-order valence-corrected chi connectivity index (χ4v) is 1.23. The molecule has 3 N–H and O–H groups in total. The molecule has 0 aliphatic rings. The van der Waals surface area contributed by atoms with Crippen molar-refractivity contribution in [2.45, 2.75) is 38.8 Å². The van der Waals surface area contributed by atoms with Crippen LogP contribution in [-0.4, -0.2) is 26.9 Å². The van der Waals surface area contributed by atoms with Gasteiger partial charge in [-0.3, -0.25) is 9.48 Å². The summed E-state index contributed by atoms with van der Waals surface area (Å²) in [7, 11) is 0. The molecule has 0 aliphatic carbocycles. The first-order valence-corrected chi connectivity index (χ1v) is 5.07. The van der Waals surface area contributed by atoms with Crippen LogP contribution in [-0.2, 0) is 11.2 Å². The van der Waals surface area contributed by atoms with E-state index in [1.165, 1.54) is 0 Å². The SMILES string of the molecule is CCC(C)n1ccc(C[C@H](N)C(=O)O)n1. The summed E-state index contributed by atoms with van der Waals surface area (Å²) in [5.74, 6) is -0.993. The molecule has 0 radical (unpaired) electrons. The van der Waals surface area contributed by atoms with Crippen molar-refractivity contribution in [2.24, 2.45) is 5.73 Å². The van der Waals surface area contributed by atoms with Gasteiger partial charge in [0.2, 0.25) is 0 Å². The van der Waals surface area contributed by atoms with Gasteiger partial charge in [0, 0.05) is 18.7 Å². The Hall–Kier alpha value is -1.36. The molecule has 1 aromatic heterocycles. The van der Waals surface area contributed by atoms with Gasteiger partial charge >= 0.3 is 5.97 Å². The number of hydrogen-bond donors (Lipinski definition) is 2. The van der Waals surface area contributed by atoms with Crippen LogP contribution in [0.3, 0.4) is 0 Å². The number of carboxylic acid groups (broad SMARTS) is 1. The zero-order valence-corrected chi connectivity index (χ0v) is 9.05. The zero-order chi connectivity index (χ0) is 11.4. The van der Waals surface area contributed by atoms with Crippen molar-refractivity contribution in [2.75, 3.05) is 0 Å². The molecular formula is C10H17N3O2. The van der Waals surface area contributed by atoms with Crippen molar-refractivity contribution in [3.8, 4) is 0 Å². The Kier molecular flexibility index (Phi) is 3.85. The van der Waals surface area contributed by atoms with E-state index < -0.39 is 12.0 Å². The van der Waals surface area contributed by atoms with E-state index in [-0.39, 0.29) is 6.42 Å². The standard InChI is InChI=1S/C10H17N3O2/c1-3-7(2)13-5-4-8(12-13)6-9(11)10(14)15/h4-5,7,9H,3,6,11H2,1-2H3,(H,14,15)/t7?,9-/m0/s1. The third-order valence-electron chi connectivity index (χ3n) is 2.45. The fraction of sp³-hybridized carbons (Fsp3) is 0.600. The number of nitrogens with two attached hydrogens (primary N) is 1. The Labute approximate surface area is 88.9 Å². The first-order valence-electron chi connectivity index (χ1n) is 5.07. The van der Waals surface area contributed by atoms with Gasteiger partial charge in [-0.05, 0) is 19.4 Å². The summed E-state index contributed by atoms with van der Waals surface area (Å²) in [5.41, 5.74) is 6.14. The number of nitrogens with zero attached hydrogens (tertiary/aromatic N) is 2. The lowest BCUT2D eigenvalue weighted by Crippen LogP contribution is -2.32. The lowest BCUT2D eigenvalue weighted by molar-refractivity contribution is -0.138. The second-order valence-electron chi connectivity index (χ2n) is 3.69. The molecule has 0 aromatic carbocycles. The number of carbonyl (C=O) groups is 1. The number of aliphatic carboxylic acids is 1. The number of hydrogen-bond acceptors (Lipinski definition) is 3. The molecule has 1 heterocycles. The van der Waals surface area contributed by atoms with Gasteiger partial charge in [-0.1, -0.05) is 6.92 Å². The third kappa shape index (κ3) is 3.06. The summed E-state index contributed by atoms with van der Waals surface area (Å²) < 4.78 is 1.84. The van der Waals surface area contributed by atoms with Crippen molar-refractivity contribution < 1.29 is 9.90 Å². The van der Waals surface area contributed by atoms with E-state index in [4.69, 9.17) is 10.8 Å². The largest absolute Gasteiger partial charge is 0.480 e. The minimum Gasteiger partial charge on any atom is -0.480 e. The van der Waals surface area contributed by atoms with Crippen molar-refractivity contribution in [1.82, 2.24) is 9.78 Å². The Morgan fingerprint density at radius 2 is 2.40 bits per heavy atom. The Balaban J connectivity index is 2.64. The van der Waals surface area contributed by atoms with Crippen molar-refractivity contribution in [1.29, 1.82) is 0 Å². The highest BCUT2D eigenvalue weighted by Crippen LogP contribution is 2.09. The van der Waals surface area contributed by atoms with Gasteiger partial charge in [0.15, 0.2) is 0 Å². The topological polar surface area (TPSA) is 81.1 Å². The molecular weight excluding hydrogens is 194 g/mol. The predicted molar refractivity (Wildman–Crippen MR) is 56.5 cm³/mol. The van der Waals surface area contributed by atoms with E-state index in [9.17, 15) is 4.79 Å². The molecule has 1 rings (SSSR count). The monoisotopic (exact) mass is 211 g/mol. The maximum Gasteiger partial charge on any atom is 0.320 e. The fourth-order valence-electron chi connectivity index (χ4n) is 1.23. The van der Waals surface area contributed by atoms with Gasteiger partial charge in [0.1, 0.15) is 6.04 Å². The summed E-state index contributed by atoms with van der Waals surface area (Å²) in [6.45, 7) is 4.14. The molecule has 5 heteroatoms. The number of rotatable bonds is 5. The second kappa shape index (κ2) is 4.93. The Morgan fingerprint density at radius 3 is 2.93 bits per heavy atom. The first-order chi connectivity index (χ1) is 7.04. The molecule has 0 saturated carbocycles. The van der Waals surface area contributed by atoms with Crippen molar-refractivity contribution >= 4 is 5.97 Å². The third-order valence-corrected chi connectivity index (χ3v) is 2.45. The van der Waals surface area contributed by atoms with Crippen LogP contribution >= 0.6 is 0 Å². The summed E-state index contributed by atoms with van der Waals surface area (Å²) in [4.78, 5) is 10.5. The summed E-state index contributed by atoms with van der Waals surface area (Å²) in [5, 5.41) is 12.9. The molecule has 0 saturated heterocycles. The van der Waals surface area contributed by atoms with Crippen LogP contribution in [0, 0.1) is 0 Å². The van der Waals surface area contributed by atoms with E-state index in [1.54, 1.807) is 0 Å². The maximum atomic E-state index is 10.5. The van der Waals surface area contributed by atoms with Crippen LogP contribution < -0.4 is 5.73 Å².